The maximum Gasteiger partial charge on any atom is 0.416 e. The van der Waals surface area contributed by atoms with Crippen LogP contribution in [0.4, 0.5) is 24.8 Å². The fourth-order valence-corrected chi connectivity index (χ4v) is 4.44. The number of fused-ring (bicyclic) bond motifs is 1. The Hall–Kier alpha value is -4.76. The summed E-state index contributed by atoms with van der Waals surface area (Å²) in [6, 6.07) is 13.9. The Kier molecular flexibility index (Phi) is 6.30. The van der Waals surface area contributed by atoms with Gasteiger partial charge in [0, 0.05) is 24.7 Å². The molecule has 0 fully saturated rings. The van der Waals surface area contributed by atoms with Crippen LogP contribution in [0.5, 0.6) is 0 Å². The minimum absolute atomic E-state index is 0.0388. The van der Waals surface area contributed by atoms with Crippen LogP contribution in [-0.4, -0.2) is 43.9 Å². The number of aromatic nitrogens is 4. The average molecular weight is 519 g/mol. The number of benzene rings is 2. The maximum atomic E-state index is 13.7. The van der Waals surface area contributed by atoms with Gasteiger partial charge in [0.1, 0.15) is 18.0 Å². The van der Waals surface area contributed by atoms with E-state index in [0.717, 1.165) is 6.07 Å². The Balaban J connectivity index is 1.66. The van der Waals surface area contributed by atoms with Crippen molar-refractivity contribution in [3.8, 4) is 28.6 Å². The largest absolute Gasteiger partial charge is 0.416 e. The lowest BCUT2D eigenvalue weighted by atomic mass is 9.97. The molecular formula is C26H20F3N7O2. The molecule has 2 aromatic carbocycles. The number of carbonyl (C=O) groups excluding carboxylic acids is 1. The van der Waals surface area contributed by atoms with Crippen molar-refractivity contribution in [3.63, 3.8) is 0 Å². The molecule has 38 heavy (non-hydrogen) atoms. The normalized spacial score (nSPS) is 12.9. The fraction of sp³-hybridized carbons (Fsp3) is 0.192. The smallest absolute Gasteiger partial charge is 0.395 e. The van der Waals surface area contributed by atoms with Crippen molar-refractivity contribution in [1.29, 1.82) is 5.26 Å². The van der Waals surface area contributed by atoms with Gasteiger partial charge in [0.15, 0.2) is 5.82 Å². The van der Waals surface area contributed by atoms with Crippen molar-refractivity contribution in [1.82, 2.24) is 19.7 Å². The molecule has 0 bridgehead atoms. The van der Waals surface area contributed by atoms with E-state index in [9.17, 15) is 28.3 Å². The van der Waals surface area contributed by atoms with E-state index in [2.05, 4.69) is 26.6 Å². The molecule has 12 heteroatoms. The van der Waals surface area contributed by atoms with E-state index < -0.39 is 17.6 Å². The summed E-state index contributed by atoms with van der Waals surface area (Å²) in [5, 5.41) is 29.9. The van der Waals surface area contributed by atoms with Gasteiger partial charge in [0.05, 0.1) is 30.3 Å². The van der Waals surface area contributed by atoms with Crippen LogP contribution in [-0.2, 0) is 19.8 Å². The van der Waals surface area contributed by atoms with Crippen LogP contribution in [0.25, 0.3) is 22.5 Å². The number of hydrogen-bond donors (Lipinski definition) is 2. The quantitative estimate of drug-likeness (QED) is 0.395. The van der Waals surface area contributed by atoms with E-state index in [-0.39, 0.29) is 42.5 Å². The molecule has 9 nitrogen and oxygen atoms in total. The summed E-state index contributed by atoms with van der Waals surface area (Å²) in [5.74, 6) is 0.316. The molecule has 0 atom stereocenters. The summed E-state index contributed by atoms with van der Waals surface area (Å²) in [4.78, 5) is 18.9. The fourth-order valence-electron chi connectivity index (χ4n) is 4.44. The van der Waals surface area contributed by atoms with Crippen LogP contribution in [0, 0.1) is 11.3 Å². The maximum absolute atomic E-state index is 13.7. The minimum Gasteiger partial charge on any atom is -0.395 e. The molecule has 0 unspecified atom stereocenters. The topological polar surface area (TPSA) is 120 Å². The van der Waals surface area contributed by atoms with Gasteiger partial charge in [-0.1, -0.05) is 6.07 Å². The number of hydrogen-bond acceptors (Lipinski definition) is 7. The molecule has 0 spiro atoms. The number of aryl methyl sites for hydroxylation is 1. The Morgan fingerprint density at radius 1 is 1.13 bits per heavy atom. The summed E-state index contributed by atoms with van der Waals surface area (Å²) < 4.78 is 42.7. The number of aliphatic hydroxyl groups excluding tert-OH is 1. The first kappa shape index (κ1) is 24.9. The van der Waals surface area contributed by atoms with Crippen molar-refractivity contribution in [2.45, 2.75) is 12.7 Å². The SMILES string of the molecule is Cn1cnnc1-c1ccc(C#N)cc1-c1cc(NCCO)nc(N2Cc3c(cccc3C(F)(F)F)C2=O)c1. The second-order valence-electron chi connectivity index (χ2n) is 8.61. The molecule has 1 amide bonds. The van der Waals surface area contributed by atoms with Gasteiger partial charge < -0.3 is 15.0 Å². The van der Waals surface area contributed by atoms with E-state index in [1.54, 1.807) is 41.9 Å². The Labute approximate surface area is 214 Å². The van der Waals surface area contributed by atoms with Crippen molar-refractivity contribution >= 4 is 17.5 Å². The van der Waals surface area contributed by atoms with E-state index in [4.69, 9.17) is 0 Å². The molecule has 0 aliphatic carbocycles. The molecule has 2 N–H and O–H groups in total. The second kappa shape index (κ2) is 9.60. The Bertz CT molecular complexity index is 1590. The number of aliphatic hydroxyl groups is 1. The number of rotatable bonds is 6. The van der Waals surface area contributed by atoms with E-state index in [1.807, 2.05) is 0 Å². The predicted octanol–water partition coefficient (Wildman–Crippen LogP) is 4.00. The highest BCUT2D eigenvalue weighted by Crippen LogP contribution is 2.40. The molecule has 2 aromatic heterocycles. The summed E-state index contributed by atoms with van der Waals surface area (Å²) in [6.07, 6.45) is -3.09. The van der Waals surface area contributed by atoms with Gasteiger partial charge >= 0.3 is 6.18 Å². The van der Waals surface area contributed by atoms with Crippen LogP contribution < -0.4 is 10.2 Å². The van der Waals surface area contributed by atoms with Gasteiger partial charge in [0.2, 0.25) is 0 Å². The molecule has 192 valence electrons. The van der Waals surface area contributed by atoms with Crippen LogP contribution in [0.15, 0.2) is 54.9 Å². The standard InChI is InChI=1S/C26H20F3N7O2/c1-35-14-32-34-24(35)17-6-5-15(12-30)9-19(17)16-10-22(31-7-8-37)33-23(11-16)36-13-20-18(25(36)38)3-2-4-21(20)26(27,28)29/h2-6,9-11,14,37H,7-8,13H2,1H3,(H,31,33). The van der Waals surface area contributed by atoms with Gasteiger partial charge in [-0.15, -0.1) is 10.2 Å². The number of alkyl halides is 3. The van der Waals surface area contributed by atoms with E-state index >= 15 is 0 Å². The lowest BCUT2D eigenvalue weighted by Gasteiger charge is -2.19. The minimum atomic E-state index is -4.62. The Morgan fingerprint density at radius 2 is 1.95 bits per heavy atom. The molecule has 0 radical (unpaired) electrons. The molecule has 3 heterocycles. The average Bonchev–Trinajstić information content (AvgIpc) is 3.49. The predicted molar refractivity (Wildman–Crippen MR) is 132 cm³/mol. The third kappa shape index (κ3) is 4.44. The van der Waals surface area contributed by atoms with Gasteiger partial charge in [-0.2, -0.15) is 18.4 Å². The van der Waals surface area contributed by atoms with Crippen LogP contribution in [0.1, 0.15) is 27.0 Å². The highest BCUT2D eigenvalue weighted by atomic mass is 19.4. The number of nitrogens with one attached hydrogen (secondary N) is 1. The monoisotopic (exact) mass is 519 g/mol. The molecule has 5 rings (SSSR count). The third-order valence-corrected chi connectivity index (χ3v) is 6.19. The lowest BCUT2D eigenvalue weighted by Crippen LogP contribution is -2.24. The summed E-state index contributed by atoms with van der Waals surface area (Å²) in [5.41, 5.74) is 1.10. The second-order valence-corrected chi connectivity index (χ2v) is 8.61. The first-order valence-corrected chi connectivity index (χ1v) is 11.5. The van der Waals surface area contributed by atoms with Crippen molar-refractivity contribution in [2.75, 3.05) is 23.4 Å². The van der Waals surface area contributed by atoms with Crippen molar-refractivity contribution in [2.24, 2.45) is 7.05 Å². The number of nitrogens with zero attached hydrogens (tertiary/aromatic N) is 6. The first-order chi connectivity index (χ1) is 18.2. The number of carbonyl (C=O) groups is 1. The third-order valence-electron chi connectivity index (χ3n) is 6.19. The highest BCUT2D eigenvalue weighted by Gasteiger charge is 2.40. The molecule has 0 saturated heterocycles. The number of pyridine rings is 1. The lowest BCUT2D eigenvalue weighted by molar-refractivity contribution is -0.138. The molecule has 4 aromatic rings. The number of anilines is 2. The van der Waals surface area contributed by atoms with Gasteiger partial charge in [-0.25, -0.2) is 4.98 Å². The zero-order valence-electron chi connectivity index (χ0n) is 20.0. The Morgan fingerprint density at radius 3 is 2.63 bits per heavy atom. The van der Waals surface area contributed by atoms with Crippen LogP contribution in [0.2, 0.25) is 0 Å². The summed E-state index contributed by atoms with van der Waals surface area (Å²) >= 11 is 0. The van der Waals surface area contributed by atoms with E-state index in [0.29, 0.717) is 28.1 Å². The molecule has 1 aliphatic rings. The molecule has 0 saturated carbocycles. The number of nitriles is 1. The molecular weight excluding hydrogens is 499 g/mol. The zero-order valence-corrected chi connectivity index (χ0v) is 20.0. The number of halogens is 3. The van der Waals surface area contributed by atoms with Crippen molar-refractivity contribution < 1.29 is 23.1 Å². The van der Waals surface area contributed by atoms with Crippen LogP contribution in [0.3, 0.4) is 0 Å². The first-order valence-electron chi connectivity index (χ1n) is 11.5. The summed E-state index contributed by atoms with van der Waals surface area (Å²) in [7, 11) is 1.77. The zero-order chi connectivity index (χ0) is 27.0. The highest BCUT2D eigenvalue weighted by molar-refractivity contribution is 6.10. The number of amides is 1. The van der Waals surface area contributed by atoms with Gasteiger partial charge in [-0.3, -0.25) is 9.69 Å². The van der Waals surface area contributed by atoms with E-state index in [1.165, 1.54) is 23.4 Å². The van der Waals surface area contributed by atoms with Crippen LogP contribution >= 0.6 is 0 Å². The molecule has 1 aliphatic heterocycles. The van der Waals surface area contributed by atoms with Gasteiger partial charge in [-0.05, 0) is 59.2 Å². The van der Waals surface area contributed by atoms with Gasteiger partial charge in [0.25, 0.3) is 5.91 Å². The summed E-state index contributed by atoms with van der Waals surface area (Å²) in [6.45, 7) is -0.358. The van der Waals surface area contributed by atoms with Crippen molar-refractivity contribution in [3.05, 3.63) is 77.1 Å².